The Labute approximate surface area is 59.7 Å². The average molecular weight is 155 g/mol. The Morgan fingerprint density at radius 2 is 2.38 bits per heavy atom. The molecule has 0 aromatic carbocycles. The Hall–Kier alpha value is 0.600. The van der Waals surface area contributed by atoms with Crippen LogP contribution in [-0.2, 0) is 4.74 Å². The molecule has 0 aliphatic carbocycles. The molecule has 50 valence electrons. The largest absolute Gasteiger partial charge is 0.366 e. The van der Waals surface area contributed by atoms with Crippen molar-refractivity contribution in [3.05, 3.63) is 0 Å². The summed E-state index contributed by atoms with van der Waals surface area (Å²) < 4.78 is 4.89. The lowest BCUT2D eigenvalue weighted by Crippen LogP contribution is -1.92. The summed E-state index contributed by atoms with van der Waals surface area (Å²) in [5.74, 6) is 1.16. The summed E-state index contributed by atoms with van der Waals surface area (Å²) in [7, 11) is 0. The van der Waals surface area contributed by atoms with Gasteiger partial charge in [-0.25, -0.2) is 0 Å². The van der Waals surface area contributed by atoms with Gasteiger partial charge in [0.1, 0.15) is 6.07 Å². The standard InChI is InChI=1S/C5H11ClOS/c1-8-4-2-3-7-5-6/h2-5H2,1H3. The van der Waals surface area contributed by atoms with Crippen molar-refractivity contribution in [2.75, 3.05) is 24.7 Å². The molecule has 0 atom stereocenters. The summed E-state index contributed by atoms with van der Waals surface area (Å²) in [5, 5.41) is 0. The van der Waals surface area contributed by atoms with E-state index in [-0.39, 0.29) is 0 Å². The summed E-state index contributed by atoms with van der Waals surface area (Å²) in [6, 6.07) is 0.328. The predicted octanol–water partition coefficient (Wildman–Crippen LogP) is 1.95. The highest BCUT2D eigenvalue weighted by Gasteiger charge is 1.83. The molecule has 1 nitrogen and oxygen atoms in total. The van der Waals surface area contributed by atoms with Gasteiger partial charge in [-0.05, 0) is 18.4 Å². The van der Waals surface area contributed by atoms with Crippen molar-refractivity contribution in [2.24, 2.45) is 0 Å². The van der Waals surface area contributed by atoms with Gasteiger partial charge in [0.15, 0.2) is 0 Å². The maximum absolute atomic E-state index is 5.25. The molecule has 0 aromatic rings. The fourth-order valence-electron chi connectivity index (χ4n) is 0.360. The summed E-state index contributed by atoms with van der Waals surface area (Å²) >= 11 is 7.08. The normalized spacial score (nSPS) is 9.75. The summed E-state index contributed by atoms with van der Waals surface area (Å²) in [4.78, 5) is 0. The van der Waals surface area contributed by atoms with Crippen LogP contribution in [0.15, 0.2) is 0 Å². The third-order valence-corrected chi connectivity index (χ3v) is 1.57. The zero-order valence-electron chi connectivity index (χ0n) is 5.02. The number of thioether (sulfide) groups is 1. The van der Waals surface area contributed by atoms with Crippen LogP contribution in [0.3, 0.4) is 0 Å². The Morgan fingerprint density at radius 1 is 1.62 bits per heavy atom. The second-order valence-electron chi connectivity index (χ2n) is 1.36. The summed E-state index contributed by atoms with van der Waals surface area (Å²) in [5.41, 5.74) is 0. The minimum Gasteiger partial charge on any atom is -0.366 e. The molecule has 8 heavy (non-hydrogen) atoms. The van der Waals surface area contributed by atoms with Crippen LogP contribution in [0.2, 0.25) is 0 Å². The van der Waals surface area contributed by atoms with Gasteiger partial charge < -0.3 is 4.74 Å². The van der Waals surface area contributed by atoms with E-state index in [0.717, 1.165) is 18.8 Å². The molecular formula is C5H11ClOS. The molecule has 0 saturated heterocycles. The lowest BCUT2D eigenvalue weighted by Gasteiger charge is -1.95. The monoisotopic (exact) mass is 154 g/mol. The van der Waals surface area contributed by atoms with Crippen LogP contribution < -0.4 is 0 Å². The second-order valence-corrected chi connectivity index (χ2v) is 2.57. The Morgan fingerprint density at radius 3 is 2.88 bits per heavy atom. The third-order valence-electron chi connectivity index (χ3n) is 0.714. The molecule has 0 radical (unpaired) electrons. The van der Waals surface area contributed by atoms with Crippen LogP contribution in [0.4, 0.5) is 0 Å². The van der Waals surface area contributed by atoms with Gasteiger partial charge in [-0.2, -0.15) is 11.8 Å². The van der Waals surface area contributed by atoms with Gasteiger partial charge >= 0.3 is 0 Å². The van der Waals surface area contributed by atoms with Crippen LogP contribution in [-0.4, -0.2) is 24.7 Å². The molecule has 0 heterocycles. The van der Waals surface area contributed by atoms with Crippen molar-refractivity contribution in [3.63, 3.8) is 0 Å². The van der Waals surface area contributed by atoms with E-state index in [2.05, 4.69) is 6.26 Å². The summed E-state index contributed by atoms with van der Waals surface area (Å²) in [6.45, 7) is 0.796. The van der Waals surface area contributed by atoms with Gasteiger partial charge in [-0.3, -0.25) is 0 Å². The third kappa shape index (κ3) is 6.60. The Bertz CT molecular complexity index is 37.4. The van der Waals surface area contributed by atoms with Gasteiger partial charge in [-0.15, -0.1) is 0 Å². The average Bonchev–Trinajstić information content (AvgIpc) is 1.81. The molecular weight excluding hydrogens is 144 g/mol. The van der Waals surface area contributed by atoms with E-state index in [4.69, 9.17) is 16.3 Å². The molecule has 0 spiro atoms. The number of halogens is 1. The van der Waals surface area contributed by atoms with Gasteiger partial charge in [-0.1, -0.05) is 11.6 Å². The highest BCUT2D eigenvalue weighted by Crippen LogP contribution is 1.95. The van der Waals surface area contributed by atoms with Crippen molar-refractivity contribution in [3.8, 4) is 0 Å². The fourth-order valence-corrected chi connectivity index (χ4v) is 0.876. The molecule has 0 rings (SSSR count). The Balaban J connectivity index is 2.53. The van der Waals surface area contributed by atoms with Crippen LogP contribution in [0, 0.1) is 0 Å². The van der Waals surface area contributed by atoms with Gasteiger partial charge in [0.2, 0.25) is 0 Å². The SMILES string of the molecule is CSCCCOCCl. The van der Waals surface area contributed by atoms with E-state index in [1.807, 2.05) is 11.8 Å². The van der Waals surface area contributed by atoms with E-state index in [9.17, 15) is 0 Å². The molecule has 0 aromatic heterocycles. The first-order valence-electron chi connectivity index (χ1n) is 2.54. The van der Waals surface area contributed by atoms with Crippen molar-refractivity contribution in [1.82, 2.24) is 0 Å². The van der Waals surface area contributed by atoms with Gasteiger partial charge in [0, 0.05) is 6.61 Å². The molecule has 0 bridgehead atoms. The topological polar surface area (TPSA) is 9.23 Å². The number of alkyl halides is 1. The predicted molar refractivity (Wildman–Crippen MR) is 39.7 cm³/mol. The van der Waals surface area contributed by atoms with Crippen molar-refractivity contribution >= 4 is 23.4 Å². The molecule has 0 N–H and O–H groups in total. The van der Waals surface area contributed by atoms with E-state index in [0.29, 0.717) is 6.07 Å². The Kier molecular flexibility index (Phi) is 8.17. The minimum absolute atomic E-state index is 0.328. The molecule has 0 unspecified atom stereocenters. The summed E-state index contributed by atoms with van der Waals surface area (Å²) in [6.07, 6.45) is 3.19. The zero-order valence-corrected chi connectivity index (χ0v) is 6.60. The van der Waals surface area contributed by atoms with E-state index < -0.39 is 0 Å². The molecule has 0 aliphatic heterocycles. The molecule has 0 saturated carbocycles. The number of ether oxygens (including phenoxy) is 1. The van der Waals surface area contributed by atoms with Crippen molar-refractivity contribution in [2.45, 2.75) is 6.42 Å². The highest BCUT2D eigenvalue weighted by molar-refractivity contribution is 7.98. The number of rotatable bonds is 5. The quantitative estimate of drug-likeness (QED) is 0.442. The van der Waals surface area contributed by atoms with E-state index >= 15 is 0 Å². The molecule has 0 amide bonds. The van der Waals surface area contributed by atoms with E-state index in [1.165, 1.54) is 0 Å². The van der Waals surface area contributed by atoms with Gasteiger partial charge in [0.25, 0.3) is 0 Å². The second kappa shape index (κ2) is 7.60. The number of hydrogen-bond acceptors (Lipinski definition) is 2. The van der Waals surface area contributed by atoms with Crippen LogP contribution in [0.1, 0.15) is 6.42 Å². The fraction of sp³-hybridized carbons (Fsp3) is 1.00. The lowest BCUT2D eigenvalue weighted by molar-refractivity contribution is 0.180. The maximum atomic E-state index is 5.25. The maximum Gasteiger partial charge on any atom is 0.120 e. The zero-order chi connectivity index (χ0) is 6.24. The van der Waals surface area contributed by atoms with Crippen molar-refractivity contribution in [1.29, 1.82) is 0 Å². The molecule has 3 heteroatoms. The smallest absolute Gasteiger partial charge is 0.120 e. The number of hydrogen-bond donors (Lipinski definition) is 0. The molecule has 0 fully saturated rings. The molecule has 0 aliphatic rings. The first kappa shape index (κ1) is 8.60. The minimum atomic E-state index is 0.328. The lowest BCUT2D eigenvalue weighted by atomic mass is 10.5. The van der Waals surface area contributed by atoms with Crippen molar-refractivity contribution < 1.29 is 4.74 Å². The van der Waals surface area contributed by atoms with Crippen LogP contribution in [0.25, 0.3) is 0 Å². The first-order valence-corrected chi connectivity index (χ1v) is 4.47. The first-order chi connectivity index (χ1) is 3.91. The highest BCUT2D eigenvalue weighted by atomic mass is 35.5. The van der Waals surface area contributed by atoms with E-state index in [1.54, 1.807) is 0 Å². The van der Waals surface area contributed by atoms with Crippen LogP contribution in [0.5, 0.6) is 0 Å². The van der Waals surface area contributed by atoms with Gasteiger partial charge in [0.05, 0.1) is 0 Å². The van der Waals surface area contributed by atoms with Crippen LogP contribution >= 0.6 is 23.4 Å².